The van der Waals surface area contributed by atoms with Crippen molar-refractivity contribution in [3.05, 3.63) is 96.3 Å². The minimum absolute atomic E-state index is 0.158. The van der Waals surface area contributed by atoms with Crippen molar-refractivity contribution in [2.24, 2.45) is 0 Å². The Morgan fingerprint density at radius 2 is 1.80 bits per heavy atom. The number of anilines is 1. The molecule has 6 nitrogen and oxygen atoms in total. The predicted octanol–water partition coefficient (Wildman–Crippen LogP) is 4.05. The summed E-state index contributed by atoms with van der Waals surface area (Å²) in [7, 11) is 0. The number of ether oxygens (including phenoxy) is 1. The average Bonchev–Trinajstić information content (AvgIpc) is 2.81. The maximum Gasteiger partial charge on any atom is 0.252 e. The lowest BCUT2D eigenvalue weighted by molar-refractivity contribution is 0.0948. The van der Waals surface area contributed by atoms with Crippen LogP contribution in [0.5, 0.6) is 5.75 Å². The van der Waals surface area contributed by atoms with Crippen molar-refractivity contribution in [1.82, 2.24) is 15.3 Å². The van der Waals surface area contributed by atoms with Crippen LogP contribution in [0.25, 0.3) is 10.9 Å². The summed E-state index contributed by atoms with van der Waals surface area (Å²) in [6.07, 6.45) is 3.54. The topological polar surface area (TPSA) is 76.1 Å². The van der Waals surface area contributed by atoms with Gasteiger partial charge in [-0.3, -0.25) is 9.78 Å². The summed E-state index contributed by atoms with van der Waals surface area (Å²) in [5.41, 5.74) is 2.38. The molecular weight excluding hydrogens is 376 g/mol. The zero-order valence-electron chi connectivity index (χ0n) is 16.4. The number of amides is 1. The molecule has 2 heterocycles. The summed E-state index contributed by atoms with van der Waals surface area (Å²) < 4.78 is 5.65. The number of aromatic nitrogens is 2. The van der Waals surface area contributed by atoms with E-state index in [0.717, 1.165) is 22.2 Å². The SMILES string of the molecule is O=C(NCCOc1ccccc1)c1cc(NCc2cccnc2)nc2ccccc12. The zero-order chi connectivity index (χ0) is 20.6. The Balaban J connectivity index is 1.45. The molecule has 1 amide bonds. The van der Waals surface area contributed by atoms with Crippen LogP contribution >= 0.6 is 0 Å². The third kappa shape index (κ3) is 4.91. The number of carbonyl (C=O) groups is 1. The van der Waals surface area contributed by atoms with Crippen LogP contribution < -0.4 is 15.4 Å². The maximum atomic E-state index is 12.9. The van der Waals surface area contributed by atoms with E-state index in [1.54, 1.807) is 18.5 Å². The van der Waals surface area contributed by atoms with Crippen molar-refractivity contribution < 1.29 is 9.53 Å². The van der Waals surface area contributed by atoms with E-state index in [1.165, 1.54) is 0 Å². The summed E-state index contributed by atoms with van der Waals surface area (Å²) in [6.45, 7) is 1.37. The van der Waals surface area contributed by atoms with Crippen LogP contribution in [0, 0.1) is 0 Å². The van der Waals surface area contributed by atoms with Crippen molar-refractivity contribution in [3.8, 4) is 5.75 Å². The minimum atomic E-state index is -0.158. The molecule has 0 atom stereocenters. The lowest BCUT2D eigenvalue weighted by Crippen LogP contribution is -2.28. The molecule has 2 aromatic heterocycles. The third-order valence-corrected chi connectivity index (χ3v) is 4.56. The number of fused-ring (bicyclic) bond motifs is 1. The van der Waals surface area contributed by atoms with Gasteiger partial charge >= 0.3 is 0 Å². The second kappa shape index (κ2) is 9.52. The fraction of sp³-hybridized carbons (Fsp3) is 0.125. The number of hydrogen-bond acceptors (Lipinski definition) is 5. The quantitative estimate of drug-likeness (QED) is 0.438. The first kappa shape index (κ1) is 19.4. The summed E-state index contributed by atoms with van der Waals surface area (Å²) in [6, 6.07) is 22.8. The number of carbonyl (C=O) groups excluding carboxylic acids is 1. The van der Waals surface area contributed by atoms with E-state index in [2.05, 4.69) is 20.6 Å². The van der Waals surface area contributed by atoms with Gasteiger partial charge < -0.3 is 15.4 Å². The van der Waals surface area contributed by atoms with Gasteiger partial charge in [-0.15, -0.1) is 0 Å². The van der Waals surface area contributed by atoms with Crippen LogP contribution in [0.2, 0.25) is 0 Å². The van der Waals surface area contributed by atoms with Gasteiger partial charge in [0.1, 0.15) is 18.2 Å². The van der Waals surface area contributed by atoms with Crippen molar-refractivity contribution in [2.75, 3.05) is 18.5 Å². The molecule has 30 heavy (non-hydrogen) atoms. The maximum absolute atomic E-state index is 12.9. The summed E-state index contributed by atoms with van der Waals surface area (Å²) in [4.78, 5) is 21.6. The summed E-state index contributed by atoms with van der Waals surface area (Å²) in [5.74, 6) is 1.26. The number of para-hydroxylation sites is 2. The molecule has 0 unspecified atom stereocenters. The van der Waals surface area contributed by atoms with Crippen molar-refractivity contribution in [1.29, 1.82) is 0 Å². The fourth-order valence-electron chi connectivity index (χ4n) is 3.09. The summed E-state index contributed by atoms with van der Waals surface area (Å²) in [5, 5.41) is 7.03. The van der Waals surface area contributed by atoms with Crippen LogP contribution in [-0.4, -0.2) is 29.0 Å². The van der Waals surface area contributed by atoms with E-state index in [-0.39, 0.29) is 5.91 Å². The number of benzene rings is 2. The van der Waals surface area contributed by atoms with E-state index in [0.29, 0.717) is 31.1 Å². The molecule has 2 N–H and O–H groups in total. The molecule has 6 heteroatoms. The lowest BCUT2D eigenvalue weighted by Gasteiger charge is -2.12. The highest BCUT2D eigenvalue weighted by atomic mass is 16.5. The molecule has 4 aromatic rings. The van der Waals surface area contributed by atoms with Crippen LogP contribution in [0.15, 0.2) is 85.2 Å². The van der Waals surface area contributed by atoms with E-state index >= 15 is 0 Å². The molecule has 0 fully saturated rings. The monoisotopic (exact) mass is 398 g/mol. The molecule has 0 saturated heterocycles. The molecule has 150 valence electrons. The van der Waals surface area contributed by atoms with Gasteiger partial charge in [0.15, 0.2) is 0 Å². The Labute approximate surface area is 175 Å². The Hall–Kier alpha value is -3.93. The van der Waals surface area contributed by atoms with Gasteiger partial charge in [-0.05, 0) is 35.9 Å². The van der Waals surface area contributed by atoms with Crippen molar-refractivity contribution >= 4 is 22.6 Å². The minimum Gasteiger partial charge on any atom is -0.492 e. The second-order valence-corrected chi connectivity index (χ2v) is 6.70. The number of hydrogen-bond donors (Lipinski definition) is 2. The number of nitrogens with one attached hydrogen (secondary N) is 2. The first-order chi connectivity index (χ1) is 14.8. The normalized spacial score (nSPS) is 10.5. The van der Waals surface area contributed by atoms with E-state index in [4.69, 9.17) is 4.74 Å². The number of rotatable bonds is 8. The lowest BCUT2D eigenvalue weighted by atomic mass is 10.1. The smallest absolute Gasteiger partial charge is 0.252 e. The first-order valence-corrected chi connectivity index (χ1v) is 9.78. The highest BCUT2D eigenvalue weighted by molar-refractivity contribution is 6.06. The number of nitrogens with zero attached hydrogens (tertiary/aromatic N) is 2. The van der Waals surface area contributed by atoms with Crippen LogP contribution in [0.4, 0.5) is 5.82 Å². The molecule has 4 rings (SSSR count). The molecule has 0 aliphatic rings. The number of pyridine rings is 2. The molecule has 0 radical (unpaired) electrons. The van der Waals surface area contributed by atoms with E-state index in [9.17, 15) is 4.79 Å². The van der Waals surface area contributed by atoms with Gasteiger partial charge in [0.2, 0.25) is 0 Å². The van der Waals surface area contributed by atoms with Crippen molar-refractivity contribution in [2.45, 2.75) is 6.54 Å². The molecular formula is C24H22N4O2. The van der Waals surface area contributed by atoms with Gasteiger partial charge in [0.25, 0.3) is 5.91 Å². The highest BCUT2D eigenvalue weighted by Crippen LogP contribution is 2.21. The van der Waals surface area contributed by atoms with Crippen LogP contribution in [0.3, 0.4) is 0 Å². The van der Waals surface area contributed by atoms with Gasteiger partial charge in [-0.1, -0.05) is 42.5 Å². The predicted molar refractivity (Wildman–Crippen MR) is 118 cm³/mol. The van der Waals surface area contributed by atoms with Gasteiger partial charge in [0, 0.05) is 24.3 Å². The second-order valence-electron chi connectivity index (χ2n) is 6.70. The highest BCUT2D eigenvalue weighted by Gasteiger charge is 2.13. The molecule has 2 aromatic carbocycles. The van der Waals surface area contributed by atoms with E-state index in [1.807, 2.05) is 66.7 Å². The molecule has 0 bridgehead atoms. The molecule has 0 spiro atoms. The Kier molecular flexibility index (Phi) is 6.15. The third-order valence-electron chi connectivity index (χ3n) is 4.56. The molecule has 0 saturated carbocycles. The first-order valence-electron chi connectivity index (χ1n) is 9.78. The fourth-order valence-corrected chi connectivity index (χ4v) is 3.09. The Bertz CT molecular complexity index is 1120. The zero-order valence-corrected chi connectivity index (χ0v) is 16.4. The Morgan fingerprint density at radius 1 is 0.967 bits per heavy atom. The Morgan fingerprint density at radius 3 is 2.63 bits per heavy atom. The van der Waals surface area contributed by atoms with Gasteiger partial charge in [-0.2, -0.15) is 0 Å². The van der Waals surface area contributed by atoms with Crippen molar-refractivity contribution in [3.63, 3.8) is 0 Å². The van der Waals surface area contributed by atoms with E-state index < -0.39 is 0 Å². The van der Waals surface area contributed by atoms with Crippen LogP contribution in [-0.2, 0) is 6.54 Å². The molecule has 0 aliphatic carbocycles. The standard InChI is InChI=1S/C24H22N4O2/c29-24(26-13-14-30-19-8-2-1-3-9-19)21-15-23(27-17-18-7-6-12-25-16-18)28-22-11-5-4-10-20(21)22/h1-12,15-16H,13-14,17H2,(H,26,29)(H,27,28). The van der Waals surface area contributed by atoms with Gasteiger partial charge in [-0.25, -0.2) is 4.98 Å². The molecule has 0 aliphatic heterocycles. The average molecular weight is 398 g/mol. The van der Waals surface area contributed by atoms with Gasteiger partial charge in [0.05, 0.1) is 17.6 Å². The largest absolute Gasteiger partial charge is 0.492 e. The summed E-state index contributed by atoms with van der Waals surface area (Å²) >= 11 is 0. The van der Waals surface area contributed by atoms with Crippen LogP contribution in [0.1, 0.15) is 15.9 Å².